The van der Waals surface area contributed by atoms with Crippen LogP contribution in [0.2, 0.25) is 0 Å². The minimum Gasteiger partial charge on any atom is -0.491 e. The van der Waals surface area contributed by atoms with Gasteiger partial charge in [-0.2, -0.15) is 4.39 Å². The van der Waals surface area contributed by atoms with E-state index in [9.17, 15) is 8.78 Å². The summed E-state index contributed by atoms with van der Waals surface area (Å²) in [5, 5.41) is 0. The first-order valence-electron chi connectivity index (χ1n) is 7.61. The fourth-order valence-electron chi connectivity index (χ4n) is 2.33. The van der Waals surface area contributed by atoms with Crippen molar-refractivity contribution in [2.45, 2.75) is 33.1 Å². The summed E-state index contributed by atoms with van der Waals surface area (Å²) in [5.41, 5.74) is 0.00105. The highest BCUT2D eigenvalue weighted by Gasteiger charge is 2.15. The first-order valence-corrected chi connectivity index (χ1v) is 7.61. The molecule has 0 aromatic heterocycles. The lowest BCUT2D eigenvalue weighted by Gasteiger charge is -2.19. The summed E-state index contributed by atoms with van der Waals surface area (Å²) in [6.45, 7) is 4.77. The molecule has 4 heteroatoms. The molecule has 1 aliphatic heterocycles. The van der Waals surface area contributed by atoms with Crippen molar-refractivity contribution in [3.05, 3.63) is 41.2 Å². The van der Waals surface area contributed by atoms with Crippen molar-refractivity contribution in [1.82, 2.24) is 0 Å². The molecule has 1 atom stereocenters. The van der Waals surface area contributed by atoms with E-state index >= 15 is 0 Å². The van der Waals surface area contributed by atoms with Gasteiger partial charge in [-0.1, -0.05) is 19.3 Å². The van der Waals surface area contributed by atoms with Crippen molar-refractivity contribution < 1.29 is 18.3 Å². The van der Waals surface area contributed by atoms with Gasteiger partial charge in [0, 0.05) is 0 Å². The number of benzene rings is 1. The lowest BCUT2D eigenvalue weighted by Crippen LogP contribution is -2.13. The molecule has 1 aliphatic rings. The van der Waals surface area contributed by atoms with E-state index in [0.717, 1.165) is 19.3 Å². The van der Waals surface area contributed by atoms with Crippen LogP contribution in [0.1, 0.15) is 38.7 Å². The van der Waals surface area contributed by atoms with Crippen LogP contribution >= 0.6 is 0 Å². The summed E-state index contributed by atoms with van der Waals surface area (Å²) >= 11 is 0. The van der Waals surface area contributed by atoms with E-state index in [1.165, 1.54) is 12.1 Å². The smallest absolute Gasteiger partial charge is 0.201 e. The molecule has 0 radical (unpaired) electrons. The van der Waals surface area contributed by atoms with Crippen LogP contribution in [0.25, 0.3) is 0 Å². The Morgan fingerprint density at radius 2 is 2.05 bits per heavy atom. The number of hydrogen-bond donors (Lipinski definition) is 0. The van der Waals surface area contributed by atoms with E-state index in [1.807, 2.05) is 6.08 Å². The number of halogens is 2. The number of rotatable bonds is 4. The van der Waals surface area contributed by atoms with Gasteiger partial charge in [0.2, 0.25) is 5.82 Å². The van der Waals surface area contributed by atoms with Crippen LogP contribution in [0.3, 0.4) is 0 Å². The standard InChI is InChI=1S/C18H20F2O2/c1-3-5-13-6-9-15(22-12-13)10-7-14-8-11-16(21-4-2)18(20)17(14)19/h8-9,11,13H,3-6,12H2,1-2H3. The zero-order valence-corrected chi connectivity index (χ0v) is 12.9. The van der Waals surface area contributed by atoms with Crippen molar-refractivity contribution in [2.75, 3.05) is 13.2 Å². The summed E-state index contributed by atoms with van der Waals surface area (Å²) in [6, 6.07) is 2.80. The van der Waals surface area contributed by atoms with Crippen molar-refractivity contribution in [2.24, 2.45) is 5.92 Å². The van der Waals surface area contributed by atoms with E-state index < -0.39 is 11.6 Å². The Hall–Kier alpha value is -2.02. The van der Waals surface area contributed by atoms with Gasteiger partial charge >= 0.3 is 0 Å². The van der Waals surface area contributed by atoms with Crippen LogP contribution in [0, 0.1) is 29.4 Å². The highest BCUT2D eigenvalue weighted by Crippen LogP contribution is 2.23. The zero-order chi connectivity index (χ0) is 15.9. The van der Waals surface area contributed by atoms with Gasteiger partial charge in [-0.3, -0.25) is 0 Å². The number of ether oxygens (including phenoxy) is 2. The Morgan fingerprint density at radius 1 is 1.23 bits per heavy atom. The Bertz CT molecular complexity index is 611. The molecule has 2 rings (SSSR count). The van der Waals surface area contributed by atoms with E-state index in [-0.39, 0.29) is 17.9 Å². The molecule has 118 valence electrons. The summed E-state index contributed by atoms with van der Waals surface area (Å²) in [7, 11) is 0. The Labute approximate surface area is 130 Å². The largest absolute Gasteiger partial charge is 0.491 e. The lowest BCUT2D eigenvalue weighted by atomic mass is 9.99. The SMILES string of the molecule is CCCC1CC=C(C#Cc2ccc(OCC)c(F)c2F)OC1. The zero-order valence-electron chi connectivity index (χ0n) is 12.9. The van der Waals surface area contributed by atoms with Crippen molar-refractivity contribution >= 4 is 0 Å². The molecule has 1 heterocycles. The molecule has 0 saturated carbocycles. The van der Waals surface area contributed by atoms with E-state index in [1.54, 1.807) is 6.92 Å². The molecular formula is C18H20F2O2. The molecule has 0 spiro atoms. The third kappa shape index (κ3) is 4.00. The van der Waals surface area contributed by atoms with Gasteiger partial charge < -0.3 is 9.47 Å². The fourth-order valence-corrected chi connectivity index (χ4v) is 2.33. The quantitative estimate of drug-likeness (QED) is 0.766. The molecule has 1 aromatic rings. The second-order valence-electron chi connectivity index (χ2n) is 5.19. The molecule has 0 amide bonds. The van der Waals surface area contributed by atoms with Crippen molar-refractivity contribution in [3.63, 3.8) is 0 Å². The molecule has 0 fully saturated rings. The van der Waals surface area contributed by atoms with Gasteiger partial charge in [0.15, 0.2) is 17.3 Å². The average molecular weight is 306 g/mol. The van der Waals surface area contributed by atoms with Gasteiger partial charge in [-0.15, -0.1) is 0 Å². The third-order valence-electron chi connectivity index (χ3n) is 3.48. The Morgan fingerprint density at radius 3 is 2.68 bits per heavy atom. The predicted molar refractivity (Wildman–Crippen MR) is 81.5 cm³/mol. The van der Waals surface area contributed by atoms with Gasteiger partial charge in [0.25, 0.3) is 0 Å². The molecule has 0 aliphatic carbocycles. The molecule has 2 nitrogen and oxygen atoms in total. The molecule has 1 aromatic carbocycles. The first-order chi connectivity index (χ1) is 10.7. The van der Waals surface area contributed by atoms with Gasteiger partial charge in [-0.05, 0) is 49.8 Å². The van der Waals surface area contributed by atoms with E-state index in [0.29, 0.717) is 18.3 Å². The maximum Gasteiger partial charge on any atom is 0.201 e. The molecular weight excluding hydrogens is 286 g/mol. The highest BCUT2D eigenvalue weighted by atomic mass is 19.2. The lowest BCUT2D eigenvalue weighted by molar-refractivity contribution is 0.153. The summed E-state index contributed by atoms with van der Waals surface area (Å²) in [6.07, 6.45) is 5.08. The van der Waals surface area contributed by atoms with Gasteiger partial charge in [0.05, 0.1) is 18.8 Å². The molecule has 1 unspecified atom stereocenters. The van der Waals surface area contributed by atoms with Crippen molar-refractivity contribution in [1.29, 1.82) is 0 Å². The predicted octanol–water partition coefficient (Wildman–Crippen LogP) is 4.44. The summed E-state index contributed by atoms with van der Waals surface area (Å²) in [4.78, 5) is 0. The summed E-state index contributed by atoms with van der Waals surface area (Å²) in [5.74, 6) is 4.35. The average Bonchev–Trinajstić information content (AvgIpc) is 2.53. The fraction of sp³-hybridized carbons (Fsp3) is 0.444. The van der Waals surface area contributed by atoms with Crippen LogP contribution in [0.15, 0.2) is 24.0 Å². The molecule has 22 heavy (non-hydrogen) atoms. The second kappa shape index (κ2) is 7.84. The molecule has 0 saturated heterocycles. The highest BCUT2D eigenvalue weighted by molar-refractivity contribution is 5.43. The number of hydrogen-bond acceptors (Lipinski definition) is 2. The molecule has 0 bridgehead atoms. The molecule has 0 N–H and O–H groups in total. The number of allylic oxidation sites excluding steroid dienone is 2. The van der Waals surface area contributed by atoms with Crippen molar-refractivity contribution in [3.8, 4) is 17.6 Å². The first kappa shape index (κ1) is 16.4. The summed E-state index contributed by atoms with van der Waals surface area (Å²) < 4.78 is 38.2. The second-order valence-corrected chi connectivity index (χ2v) is 5.19. The van der Waals surface area contributed by atoms with E-state index in [2.05, 4.69) is 18.8 Å². The third-order valence-corrected chi connectivity index (χ3v) is 3.48. The van der Waals surface area contributed by atoms with Gasteiger partial charge in [-0.25, -0.2) is 4.39 Å². The Kier molecular flexibility index (Phi) is 5.83. The maximum atomic E-state index is 13.9. The van der Waals surface area contributed by atoms with Gasteiger partial charge in [0.1, 0.15) is 0 Å². The topological polar surface area (TPSA) is 18.5 Å². The van der Waals surface area contributed by atoms with Crippen LogP contribution < -0.4 is 4.74 Å². The normalized spacial score (nSPS) is 17.1. The van der Waals surface area contributed by atoms with Crippen LogP contribution in [0.4, 0.5) is 8.78 Å². The monoisotopic (exact) mass is 306 g/mol. The van der Waals surface area contributed by atoms with Crippen LogP contribution in [-0.4, -0.2) is 13.2 Å². The minimum atomic E-state index is -1.00. The minimum absolute atomic E-state index is 0.00105. The van der Waals surface area contributed by atoms with Crippen LogP contribution in [-0.2, 0) is 4.74 Å². The van der Waals surface area contributed by atoms with E-state index in [4.69, 9.17) is 9.47 Å². The maximum absolute atomic E-state index is 13.9. The Balaban J connectivity index is 2.11. The van der Waals surface area contributed by atoms with Crippen LogP contribution in [0.5, 0.6) is 5.75 Å².